The molecule has 0 atom stereocenters. The van der Waals surface area contributed by atoms with E-state index in [0.717, 1.165) is 22.8 Å². The first kappa shape index (κ1) is 12.4. The van der Waals surface area contributed by atoms with E-state index in [9.17, 15) is 0 Å². The van der Waals surface area contributed by atoms with Crippen molar-refractivity contribution in [3.8, 4) is 5.75 Å². The van der Waals surface area contributed by atoms with E-state index in [0.29, 0.717) is 0 Å². The second-order valence-electron chi connectivity index (χ2n) is 4.60. The van der Waals surface area contributed by atoms with Crippen molar-refractivity contribution >= 4 is 17.5 Å². The number of hydrogen-bond donors (Lipinski definition) is 0. The van der Waals surface area contributed by atoms with Crippen LogP contribution in [0.3, 0.4) is 0 Å². The molecule has 0 spiro atoms. The standard InChI is InChI=1S/C16H15N3O/c1-12-6-7-19-11-14(18-16(19)8-12)10-17-13-4-3-5-15(9-13)20-2/h3-11H,1-2H3. The van der Waals surface area contributed by atoms with E-state index < -0.39 is 0 Å². The van der Waals surface area contributed by atoms with Crippen molar-refractivity contribution in [3.63, 3.8) is 0 Å². The van der Waals surface area contributed by atoms with Crippen LogP contribution in [-0.4, -0.2) is 22.7 Å². The molecular formula is C16H15N3O. The molecule has 0 aliphatic heterocycles. The molecule has 0 fully saturated rings. The quantitative estimate of drug-likeness (QED) is 0.681. The van der Waals surface area contributed by atoms with Crippen molar-refractivity contribution in [2.45, 2.75) is 6.92 Å². The Morgan fingerprint density at radius 3 is 3.00 bits per heavy atom. The van der Waals surface area contributed by atoms with Crippen LogP contribution < -0.4 is 4.74 Å². The third-order valence-electron chi connectivity index (χ3n) is 3.03. The topological polar surface area (TPSA) is 38.9 Å². The van der Waals surface area contributed by atoms with Crippen LogP contribution in [0.5, 0.6) is 5.75 Å². The van der Waals surface area contributed by atoms with Crippen molar-refractivity contribution in [1.29, 1.82) is 0 Å². The molecule has 2 heterocycles. The number of aliphatic imine (C=N–C) groups is 1. The molecule has 0 aliphatic carbocycles. The summed E-state index contributed by atoms with van der Waals surface area (Å²) in [6.07, 6.45) is 5.72. The number of pyridine rings is 1. The number of fused-ring (bicyclic) bond motifs is 1. The molecule has 0 saturated heterocycles. The lowest BCUT2D eigenvalue weighted by atomic mass is 10.3. The van der Waals surface area contributed by atoms with Gasteiger partial charge in [0.15, 0.2) is 0 Å². The van der Waals surface area contributed by atoms with E-state index in [2.05, 4.69) is 23.0 Å². The van der Waals surface area contributed by atoms with Gasteiger partial charge in [0, 0.05) is 18.5 Å². The lowest BCUT2D eigenvalue weighted by Crippen LogP contribution is -1.82. The van der Waals surface area contributed by atoms with Crippen molar-refractivity contribution in [2.75, 3.05) is 7.11 Å². The number of ether oxygens (including phenoxy) is 1. The molecule has 0 N–H and O–H groups in total. The summed E-state index contributed by atoms with van der Waals surface area (Å²) in [5.74, 6) is 0.797. The van der Waals surface area contributed by atoms with Gasteiger partial charge in [-0.15, -0.1) is 0 Å². The van der Waals surface area contributed by atoms with Gasteiger partial charge < -0.3 is 9.14 Å². The summed E-state index contributed by atoms with van der Waals surface area (Å²) in [6, 6.07) is 11.7. The predicted octanol–water partition coefficient (Wildman–Crippen LogP) is 3.40. The Morgan fingerprint density at radius 2 is 2.15 bits per heavy atom. The number of nitrogens with zero attached hydrogens (tertiary/aromatic N) is 3. The van der Waals surface area contributed by atoms with Gasteiger partial charge in [-0.25, -0.2) is 4.98 Å². The highest BCUT2D eigenvalue weighted by Gasteiger charge is 1.99. The highest BCUT2D eigenvalue weighted by atomic mass is 16.5. The molecule has 0 radical (unpaired) electrons. The van der Waals surface area contributed by atoms with E-state index in [1.54, 1.807) is 13.3 Å². The van der Waals surface area contributed by atoms with E-state index in [1.165, 1.54) is 5.56 Å². The van der Waals surface area contributed by atoms with Crippen LogP contribution in [0.4, 0.5) is 5.69 Å². The third-order valence-corrected chi connectivity index (χ3v) is 3.03. The summed E-state index contributed by atoms with van der Waals surface area (Å²) in [7, 11) is 1.65. The summed E-state index contributed by atoms with van der Waals surface area (Å²) in [4.78, 5) is 8.94. The fraction of sp³-hybridized carbons (Fsp3) is 0.125. The largest absolute Gasteiger partial charge is 0.497 e. The molecule has 4 nitrogen and oxygen atoms in total. The van der Waals surface area contributed by atoms with Crippen LogP contribution in [-0.2, 0) is 0 Å². The second-order valence-corrected chi connectivity index (χ2v) is 4.60. The number of aryl methyl sites for hydroxylation is 1. The van der Waals surface area contributed by atoms with Crippen LogP contribution in [0.1, 0.15) is 11.3 Å². The number of methoxy groups -OCH3 is 1. The lowest BCUT2D eigenvalue weighted by molar-refractivity contribution is 0.415. The number of imidazole rings is 1. The van der Waals surface area contributed by atoms with Gasteiger partial charge in [0.25, 0.3) is 0 Å². The maximum Gasteiger partial charge on any atom is 0.137 e. The molecule has 3 rings (SSSR count). The summed E-state index contributed by atoms with van der Waals surface area (Å²) < 4.78 is 7.16. The van der Waals surface area contributed by atoms with Gasteiger partial charge >= 0.3 is 0 Å². The first-order valence-electron chi connectivity index (χ1n) is 6.38. The molecule has 0 unspecified atom stereocenters. The van der Waals surface area contributed by atoms with Gasteiger partial charge in [0.1, 0.15) is 17.1 Å². The van der Waals surface area contributed by atoms with E-state index in [-0.39, 0.29) is 0 Å². The van der Waals surface area contributed by atoms with Gasteiger partial charge in [0.2, 0.25) is 0 Å². The molecule has 100 valence electrons. The predicted molar refractivity (Wildman–Crippen MR) is 80.2 cm³/mol. The Kier molecular flexibility index (Phi) is 3.21. The maximum atomic E-state index is 5.17. The second kappa shape index (κ2) is 5.17. The summed E-state index contributed by atoms with van der Waals surface area (Å²) >= 11 is 0. The number of hydrogen-bond acceptors (Lipinski definition) is 3. The number of rotatable bonds is 3. The highest BCUT2D eigenvalue weighted by molar-refractivity contribution is 5.80. The number of benzene rings is 1. The van der Waals surface area contributed by atoms with Gasteiger partial charge in [0.05, 0.1) is 19.0 Å². The van der Waals surface area contributed by atoms with Crippen LogP contribution in [0, 0.1) is 6.92 Å². The molecule has 2 aromatic heterocycles. The molecular weight excluding hydrogens is 250 g/mol. The SMILES string of the molecule is COc1cccc(N=Cc2cn3ccc(C)cc3n2)c1. The minimum Gasteiger partial charge on any atom is -0.497 e. The van der Waals surface area contributed by atoms with Gasteiger partial charge in [-0.1, -0.05) is 6.07 Å². The van der Waals surface area contributed by atoms with Crippen LogP contribution >= 0.6 is 0 Å². The zero-order valence-corrected chi connectivity index (χ0v) is 11.4. The Bertz CT molecular complexity index is 774. The lowest BCUT2D eigenvalue weighted by Gasteiger charge is -1.98. The minimum atomic E-state index is 0.797. The summed E-state index contributed by atoms with van der Waals surface area (Å²) in [5, 5.41) is 0. The molecule has 4 heteroatoms. The van der Waals surface area contributed by atoms with E-state index in [1.807, 2.05) is 47.1 Å². The fourth-order valence-electron chi connectivity index (χ4n) is 2.00. The normalized spacial score (nSPS) is 11.3. The van der Waals surface area contributed by atoms with Gasteiger partial charge in [-0.05, 0) is 36.8 Å². The molecule has 0 bridgehead atoms. The zero-order chi connectivity index (χ0) is 13.9. The smallest absolute Gasteiger partial charge is 0.137 e. The van der Waals surface area contributed by atoms with Crippen LogP contribution in [0.25, 0.3) is 5.65 Å². The molecule has 1 aromatic carbocycles. The van der Waals surface area contributed by atoms with Gasteiger partial charge in [-0.2, -0.15) is 0 Å². The third kappa shape index (κ3) is 2.54. The first-order valence-corrected chi connectivity index (χ1v) is 6.38. The molecule has 0 aliphatic rings. The number of aromatic nitrogens is 2. The Morgan fingerprint density at radius 1 is 1.25 bits per heavy atom. The first-order chi connectivity index (χ1) is 9.74. The average Bonchev–Trinajstić information content (AvgIpc) is 2.87. The van der Waals surface area contributed by atoms with Crippen LogP contribution in [0.15, 0.2) is 53.8 Å². The Labute approximate surface area is 117 Å². The van der Waals surface area contributed by atoms with Crippen LogP contribution in [0.2, 0.25) is 0 Å². The molecule has 0 saturated carbocycles. The highest BCUT2D eigenvalue weighted by Crippen LogP contribution is 2.19. The molecule has 20 heavy (non-hydrogen) atoms. The summed E-state index contributed by atoms with van der Waals surface area (Å²) in [6.45, 7) is 2.05. The van der Waals surface area contributed by atoms with Crippen molar-refractivity contribution in [1.82, 2.24) is 9.38 Å². The minimum absolute atomic E-state index is 0.797. The Balaban J connectivity index is 1.89. The monoisotopic (exact) mass is 265 g/mol. The van der Waals surface area contributed by atoms with Gasteiger partial charge in [-0.3, -0.25) is 4.99 Å². The van der Waals surface area contributed by atoms with E-state index in [4.69, 9.17) is 4.74 Å². The average molecular weight is 265 g/mol. The zero-order valence-electron chi connectivity index (χ0n) is 11.4. The maximum absolute atomic E-state index is 5.17. The van der Waals surface area contributed by atoms with Crippen molar-refractivity contribution in [2.24, 2.45) is 4.99 Å². The summed E-state index contributed by atoms with van der Waals surface area (Å²) in [5.41, 5.74) is 3.80. The molecule has 3 aromatic rings. The van der Waals surface area contributed by atoms with Crippen molar-refractivity contribution in [3.05, 3.63) is 60.0 Å². The van der Waals surface area contributed by atoms with E-state index >= 15 is 0 Å². The Hall–Kier alpha value is -2.62. The molecule has 0 amide bonds. The fourth-order valence-corrected chi connectivity index (χ4v) is 2.00. The van der Waals surface area contributed by atoms with Crippen molar-refractivity contribution < 1.29 is 4.74 Å².